The number of rotatable bonds is 0. The molecule has 0 saturated heterocycles. The lowest BCUT2D eigenvalue weighted by Crippen LogP contribution is -1.74. The van der Waals surface area contributed by atoms with Crippen molar-refractivity contribution in [3.63, 3.8) is 0 Å². The minimum Gasteiger partial charge on any atom is -0.266 e. The third-order valence-electron chi connectivity index (χ3n) is 0.787. The highest BCUT2D eigenvalue weighted by atomic mass is 32.1. The largest absolute Gasteiger partial charge is 0.289 e. The van der Waals surface area contributed by atoms with Gasteiger partial charge in [-0.05, 0) is 0 Å². The molecule has 1 aliphatic rings. The summed E-state index contributed by atoms with van der Waals surface area (Å²) < 4.78 is 0. The van der Waals surface area contributed by atoms with Crippen LogP contribution in [0.5, 0.6) is 0 Å². The van der Waals surface area contributed by atoms with Crippen LogP contribution in [0.1, 0.15) is 0 Å². The predicted octanol–water partition coefficient (Wildman–Crippen LogP) is 1.64. The lowest BCUT2D eigenvalue weighted by atomic mass is 10.6. The average molecular weight is 167 g/mol. The van der Waals surface area contributed by atoms with Crippen LogP contribution >= 0.6 is 11.3 Å². The van der Waals surface area contributed by atoms with Gasteiger partial charge >= 0.3 is 0 Å². The molecule has 2 heterocycles. The van der Waals surface area contributed by atoms with Gasteiger partial charge in [-0.1, -0.05) is 0 Å². The Hall–Kier alpha value is -1.36. The van der Waals surface area contributed by atoms with Gasteiger partial charge in [0.1, 0.15) is 0 Å². The van der Waals surface area contributed by atoms with E-state index in [1.807, 2.05) is 5.38 Å². The third-order valence-corrected chi connectivity index (χ3v) is 1.31. The van der Waals surface area contributed by atoms with Gasteiger partial charge in [0.05, 0.1) is 11.7 Å². The van der Waals surface area contributed by atoms with Crippen molar-refractivity contribution in [1.29, 1.82) is 0 Å². The van der Waals surface area contributed by atoms with E-state index in [1.165, 1.54) is 12.3 Å². The zero-order chi connectivity index (χ0) is 7.94. The SMILES string of the molecule is O=C1C=CN=N1.c1cscn1. The van der Waals surface area contributed by atoms with Gasteiger partial charge in [-0.3, -0.25) is 9.78 Å². The van der Waals surface area contributed by atoms with E-state index in [1.54, 1.807) is 23.0 Å². The molecule has 1 aromatic rings. The summed E-state index contributed by atoms with van der Waals surface area (Å²) in [6, 6.07) is 0. The van der Waals surface area contributed by atoms with Gasteiger partial charge < -0.3 is 0 Å². The zero-order valence-electron chi connectivity index (χ0n) is 5.54. The minimum atomic E-state index is -0.269. The van der Waals surface area contributed by atoms with E-state index in [2.05, 4.69) is 15.2 Å². The van der Waals surface area contributed by atoms with Gasteiger partial charge in [-0.15, -0.1) is 16.5 Å². The number of aromatic nitrogens is 1. The fraction of sp³-hybridized carbons (Fsp3) is 0. The van der Waals surface area contributed by atoms with Gasteiger partial charge in [-0.2, -0.15) is 5.11 Å². The third kappa shape index (κ3) is 3.36. The van der Waals surface area contributed by atoms with Crippen LogP contribution in [0.4, 0.5) is 0 Å². The Morgan fingerprint density at radius 2 is 2.36 bits per heavy atom. The second-order valence-corrected chi connectivity index (χ2v) is 2.30. The Bertz CT molecular complexity index is 234. The normalized spacial score (nSPS) is 12.9. The van der Waals surface area contributed by atoms with Crippen molar-refractivity contribution in [2.24, 2.45) is 10.2 Å². The molecule has 0 atom stereocenters. The molecular weight excluding hydrogens is 162 g/mol. The van der Waals surface area contributed by atoms with Crippen LogP contribution in [-0.4, -0.2) is 10.9 Å². The number of thiazole rings is 1. The lowest BCUT2D eigenvalue weighted by Gasteiger charge is -1.59. The van der Waals surface area contributed by atoms with Gasteiger partial charge in [0.2, 0.25) is 0 Å². The molecular formula is C6H5N3OS. The molecule has 4 nitrogen and oxygen atoms in total. The molecule has 1 aromatic heterocycles. The molecule has 1 aliphatic heterocycles. The van der Waals surface area contributed by atoms with Crippen molar-refractivity contribution >= 4 is 17.2 Å². The van der Waals surface area contributed by atoms with E-state index < -0.39 is 0 Å². The van der Waals surface area contributed by atoms with Crippen molar-refractivity contribution in [1.82, 2.24) is 4.98 Å². The summed E-state index contributed by atoms with van der Waals surface area (Å²) in [5.41, 5.74) is 1.79. The average Bonchev–Trinajstić information content (AvgIpc) is 2.57. The Labute approximate surface area is 67.3 Å². The summed E-state index contributed by atoms with van der Waals surface area (Å²) in [5, 5.41) is 8.30. The van der Waals surface area contributed by atoms with E-state index in [0.717, 1.165) is 0 Å². The second kappa shape index (κ2) is 4.45. The molecule has 0 radical (unpaired) electrons. The monoisotopic (exact) mass is 167 g/mol. The van der Waals surface area contributed by atoms with Crippen molar-refractivity contribution in [2.45, 2.75) is 0 Å². The number of hydrogen-bond donors (Lipinski definition) is 0. The van der Waals surface area contributed by atoms with Crippen molar-refractivity contribution < 1.29 is 4.79 Å². The molecule has 0 aromatic carbocycles. The summed E-state index contributed by atoms with van der Waals surface area (Å²) in [6.07, 6.45) is 4.44. The number of carbonyl (C=O) groups excluding carboxylic acids is 1. The summed E-state index contributed by atoms with van der Waals surface area (Å²) in [6.45, 7) is 0. The Kier molecular flexibility index (Phi) is 3.14. The minimum absolute atomic E-state index is 0.269. The second-order valence-electron chi connectivity index (χ2n) is 1.55. The number of hydrogen-bond acceptors (Lipinski definition) is 4. The summed E-state index contributed by atoms with van der Waals surface area (Å²) in [7, 11) is 0. The predicted molar refractivity (Wildman–Crippen MR) is 41.1 cm³/mol. The van der Waals surface area contributed by atoms with Crippen molar-refractivity contribution in [3.8, 4) is 0 Å². The molecule has 5 heteroatoms. The highest BCUT2D eigenvalue weighted by Crippen LogP contribution is 1.90. The lowest BCUT2D eigenvalue weighted by molar-refractivity contribution is -0.113. The van der Waals surface area contributed by atoms with Crippen LogP contribution in [-0.2, 0) is 4.79 Å². The summed E-state index contributed by atoms with van der Waals surface area (Å²) in [4.78, 5) is 13.6. The van der Waals surface area contributed by atoms with Crippen LogP contribution in [0.15, 0.2) is 39.6 Å². The molecule has 11 heavy (non-hydrogen) atoms. The molecule has 0 fully saturated rings. The molecule has 0 saturated carbocycles. The number of azo groups is 1. The summed E-state index contributed by atoms with van der Waals surface area (Å²) >= 11 is 1.60. The highest BCUT2D eigenvalue weighted by Gasteiger charge is 1.92. The fourth-order valence-electron chi connectivity index (χ4n) is 0.396. The van der Waals surface area contributed by atoms with Crippen molar-refractivity contribution in [2.75, 3.05) is 0 Å². The molecule has 0 aliphatic carbocycles. The van der Waals surface area contributed by atoms with Gasteiger partial charge in [-0.25, -0.2) is 0 Å². The van der Waals surface area contributed by atoms with Gasteiger partial charge in [0.15, 0.2) is 0 Å². The number of carbonyl (C=O) groups is 1. The van der Waals surface area contributed by atoms with Crippen LogP contribution in [0, 0.1) is 0 Å². The Morgan fingerprint density at radius 1 is 1.45 bits per heavy atom. The topological polar surface area (TPSA) is 54.7 Å². The number of nitrogens with zero attached hydrogens (tertiary/aromatic N) is 3. The quantitative estimate of drug-likeness (QED) is 0.589. The zero-order valence-corrected chi connectivity index (χ0v) is 6.36. The first-order chi connectivity index (χ1) is 5.39. The maximum Gasteiger partial charge on any atom is 0.289 e. The van der Waals surface area contributed by atoms with E-state index >= 15 is 0 Å². The molecule has 0 unspecified atom stereocenters. The highest BCUT2D eigenvalue weighted by molar-refractivity contribution is 7.07. The van der Waals surface area contributed by atoms with E-state index in [4.69, 9.17) is 0 Å². The maximum absolute atomic E-state index is 9.90. The molecule has 2 rings (SSSR count). The first-order valence-electron chi connectivity index (χ1n) is 2.83. The van der Waals surface area contributed by atoms with Crippen LogP contribution in [0.3, 0.4) is 0 Å². The van der Waals surface area contributed by atoms with Gasteiger partial charge in [0, 0.05) is 17.7 Å². The first kappa shape index (κ1) is 7.74. The molecule has 0 N–H and O–H groups in total. The molecule has 56 valence electrons. The van der Waals surface area contributed by atoms with E-state index in [-0.39, 0.29) is 5.91 Å². The van der Waals surface area contributed by atoms with Crippen LogP contribution in [0.2, 0.25) is 0 Å². The van der Waals surface area contributed by atoms with Crippen LogP contribution in [0.25, 0.3) is 0 Å². The van der Waals surface area contributed by atoms with Crippen molar-refractivity contribution in [3.05, 3.63) is 29.4 Å². The Balaban J connectivity index is 0.000000112. The number of amides is 1. The summed E-state index contributed by atoms with van der Waals surface area (Å²) in [5.74, 6) is -0.269. The smallest absolute Gasteiger partial charge is 0.266 e. The molecule has 0 spiro atoms. The fourth-order valence-corrected chi connectivity index (χ4v) is 0.748. The maximum atomic E-state index is 9.90. The standard InChI is InChI=1S/C3H2N2O.C3H3NS/c6-3-1-2-4-5-3;1-2-5-3-4-1/h1-2H;1-3H. The van der Waals surface area contributed by atoms with Gasteiger partial charge in [0.25, 0.3) is 5.91 Å². The molecule has 0 bridgehead atoms. The Morgan fingerprint density at radius 3 is 2.55 bits per heavy atom. The molecule has 1 amide bonds. The van der Waals surface area contributed by atoms with E-state index in [0.29, 0.717) is 0 Å². The first-order valence-corrected chi connectivity index (χ1v) is 3.77. The van der Waals surface area contributed by atoms with E-state index in [9.17, 15) is 4.79 Å². The van der Waals surface area contributed by atoms with Crippen LogP contribution < -0.4 is 0 Å².